The van der Waals surface area contributed by atoms with Crippen LogP contribution < -0.4 is 10.1 Å². The maximum Gasteiger partial charge on any atom is 0.262 e. The lowest BCUT2D eigenvalue weighted by Crippen LogP contribution is -2.21. The van der Waals surface area contributed by atoms with E-state index in [1.54, 1.807) is 6.07 Å². The molecule has 0 saturated heterocycles. The van der Waals surface area contributed by atoms with E-state index in [1.165, 1.54) is 6.07 Å². The molecule has 130 valence electrons. The molecule has 1 amide bonds. The molecular formula is C19H17F2NO3. The Labute approximate surface area is 143 Å². The van der Waals surface area contributed by atoms with Gasteiger partial charge in [0.2, 0.25) is 0 Å². The second-order valence-corrected chi connectivity index (χ2v) is 6.16. The van der Waals surface area contributed by atoms with Gasteiger partial charge in [-0.2, -0.15) is 0 Å². The zero-order valence-corrected chi connectivity index (χ0v) is 13.9. The largest absolute Gasteiger partial charge is 0.483 e. The van der Waals surface area contributed by atoms with Gasteiger partial charge >= 0.3 is 0 Å². The summed E-state index contributed by atoms with van der Waals surface area (Å²) in [4.78, 5) is 24.2. The highest BCUT2D eigenvalue weighted by molar-refractivity contribution is 6.04. The van der Waals surface area contributed by atoms with Crippen LogP contribution in [0.3, 0.4) is 0 Å². The minimum Gasteiger partial charge on any atom is -0.483 e. The Morgan fingerprint density at radius 2 is 2.00 bits per heavy atom. The van der Waals surface area contributed by atoms with E-state index in [0.717, 1.165) is 23.3 Å². The Morgan fingerprint density at radius 3 is 2.72 bits per heavy atom. The van der Waals surface area contributed by atoms with E-state index >= 15 is 0 Å². The van der Waals surface area contributed by atoms with E-state index < -0.39 is 17.5 Å². The quantitative estimate of drug-likeness (QED) is 0.912. The third kappa shape index (κ3) is 3.38. The molecule has 2 aromatic rings. The summed E-state index contributed by atoms with van der Waals surface area (Å²) in [6, 6.07) is 6.61. The first-order valence-electron chi connectivity index (χ1n) is 7.91. The topological polar surface area (TPSA) is 55.4 Å². The number of Topliss-reactive ketones (excluding diaryl/α,β-unsaturated/α-hetero) is 1. The summed E-state index contributed by atoms with van der Waals surface area (Å²) in [5.74, 6) is -2.06. The molecule has 0 aromatic heterocycles. The summed E-state index contributed by atoms with van der Waals surface area (Å²) < 4.78 is 31.6. The molecule has 2 aromatic carbocycles. The van der Waals surface area contributed by atoms with Crippen LogP contribution in [0, 0.1) is 18.6 Å². The van der Waals surface area contributed by atoms with Crippen molar-refractivity contribution in [2.75, 3.05) is 11.9 Å². The van der Waals surface area contributed by atoms with Gasteiger partial charge in [-0.25, -0.2) is 8.78 Å². The molecule has 1 aliphatic carbocycles. The number of amides is 1. The van der Waals surface area contributed by atoms with Crippen molar-refractivity contribution in [1.29, 1.82) is 0 Å². The van der Waals surface area contributed by atoms with Crippen LogP contribution in [0.2, 0.25) is 0 Å². The molecular weight excluding hydrogens is 328 g/mol. The molecule has 4 nitrogen and oxygen atoms in total. The van der Waals surface area contributed by atoms with E-state index in [2.05, 4.69) is 5.32 Å². The van der Waals surface area contributed by atoms with Crippen molar-refractivity contribution in [1.82, 2.24) is 0 Å². The number of hydrogen-bond donors (Lipinski definition) is 1. The van der Waals surface area contributed by atoms with Crippen molar-refractivity contribution in [3.05, 3.63) is 58.7 Å². The summed E-state index contributed by atoms with van der Waals surface area (Å²) >= 11 is 0. The zero-order chi connectivity index (χ0) is 18.1. The molecule has 0 aliphatic heterocycles. The van der Waals surface area contributed by atoms with Crippen LogP contribution in [-0.4, -0.2) is 18.3 Å². The van der Waals surface area contributed by atoms with Gasteiger partial charge in [0.1, 0.15) is 5.75 Å². The van der Waals surface area contributed by atoms with Gasteiger partial charge in [0.05, 0.1) is 5.56 Å². The number of nitrogens with one attached hydrogen (secondary N) is 1. The molecule has 1 N–H and O–H groups in total. The lowest BCUT2D eigenvalue weighted by molar-refractivity contribution is -0.118. The normalized spacial score (nSPS) is 15.8. The molecule has 1 atom stereocenters. The standard InChI is InChI=1S/C19H17F2NO3/c1-10-3-6-16(19-15(23)7-11(2)18(10)19)25-9-17(24)22-12-4-5-13(20)14(21)8-12/h3-6,8,11H,7,9H2,1-2H3,(H,22,24). The van der Waals surface area contributed by atoms with Gasteiger partial charge in [0, 0.05) is 18.2 Å². The molecule has 0 heterocycles. The smallest absolute Gasteiger partial charge is 0.262 e. The predicted octanol–water partition coefficient (Wildman–Crippen LogP) is 3.98. The number of hydrogen-bond acceptors (Lipinski definition) is 3. The van der Waals surface area contributed by atoms with Gasteiger partial charge in [-0.15, -0.1) is 0 Å². The summed E-state index contributed by atoms with van der Waals surface area (Å²) in [5.41, 5.74) is 2.65. The number of ketones is 1. The third-order valence-electron chi connectivity index (χ3n) is 4.25. The van der Waals surface area contributed by atoms with Crippen molar-refractivity contribution in [3.63, 3.8) is 0 Å². The third-order valence-corrected chi connectivity index (χ3v) is 4.25. The minimum absolute atomic E-state index is 0.00205. The Kier molecular flexibility index (Phi) is 4.53. The van der Waals surface area contributed by atoms with Crippen LogP contribution in [0.5, 0.6) is 5.75 Å². The highest BCUT2D eigenvalue weighted by atomic mass is 19.2. The number of aryl methyl sites for hydroxylation is 1. The number of benzene rings is 2. The summed E-state index contributed by atoms with van der Waals surface area (Å²) in [6.07, 6.45) is 0.428. The number of ether oxygens (including phenoxy) is 1. The molecule has 6 heteroatoms. The van der Waals surface area contributed by atoms with Gasteiger partial charge in [-0.3, -0.25) is 9.59 Å². The predicted molar refractivity (Wildman–Crippen MR) is 89.0 cm³/mol. The number of anilines is 1. The maximum absolute atomic E-state index is 13.2. The molecule has 0 saturated carbocycles. The van der Waals surface area contributed by atoms with Crippen LogP contribution in [0.25, 0.3) is 0 Å². The Bertz CT molecular complexity index is 864. The molecule has 1 aliphatic rings. The molecule has 0 radical (unpaired) electrons. The van der Waals surface area contributed by atoms with E-state index in [1.807, 2.05) is 19.9 Å². The molecule has 0 bridgehead atoms. The van der Waals surface area contributed by atoms with Crippen LogP contribution >= 0.6 is 0 Å². The number of carbonyl (C=O) groups is 2. The molecule has 0 fully saturated rings. The van der Waals surface area contributed by atoms with Crippen LogP contribution in [0.15, 0.2) is 30.3 Å². The van der Waals surface area contributed by atoms with Gasteiger partial charge in [0.15, 0.2) is 24.0 Å². The highest BCUT2D eigenvalue weighted by Crippen LogP contribution is 2.40. The SMILES string of the molecule is Cc1ccc(OCC(=O)Nc2ccc(F)c(F)c2)c2c1C(C)CC2=O. The molecule has 3 rings (SSSR count). The number of carbonyl (C=O) groups excluding carboxylic acids is 2. The Morgan fingerprint density at radius 1 is 1.24 bits per heavy atom. The van der Waals surface area contributed by atoms with E-state index in [-0.39, 0.29) is 24.0 Å². The summed E-state index contributed by atoms with van der Waals surface area (Å²) in [7, 11) is 0. The average Bonchev–Trinajstić information content (AvgIpc) is 2.86. The van der Waals surface area contributed by atoms with Crippen molar-refractivity contribution in [2.24, 2.45) is 0 Å². The van der Waals surface area contributed by atoms with Crippen LogP contribution in [0.4, 0.5) is 14.5 Å². The Hall–Kier alpha value is -2.76. The van der Waals surface area contributed by atoms with Crippen molar-refractivity contribution < 1.29 is 23.1 Å². The zero-order valence-electron chi connectivity index (χ0n) is 13.9. The second kappa shape index (κ2) is 6.63. The van der Waals surface area contributed by atoms with Gasteiger partial charge in [-0.05, 0) is 42.2 Å². The van der Waals surface area contributed by atoms with Gasteiger partial charge < -0.3 is 10.1 Å². The summed E-state index contributed by atoms with van der Waals surface area (Å²) in [5, 5.41) is 2.42. The van der Waals surface area contributed by atoms with E-state index in [0.29, 0.717) is 17.7 Å². The van der Waals surface area contributed by atoms with E-state index in [4.69, 9.17) is 4.74 Å². The average molecular weight is 345 g/mol. The fourth-order valence-corrected chi connectivity index (χ4v) is 3.14. The number of rotatable bonds is 4. The monoisotopic (exact) mass is 345 g/mol. The van der Waals surface area contributed by atoms with Gasteiger partial charge in [0.25, 0.3) is 5.91 Å². The van der Waals surface area contributed by atoms with Crippen molar-refractivity contribution >= 4 is 17.4 Å². The first-order chi connectivity index (χ1) is 11.9. The van der Waals surface area contributed by atoms with Crippen molar-refractivity contribution in [3.8, 4) is 5.75 Å². The number of fused-ring (bicyclic) bond motifs is 1. The van der Waals surface area contributed by atoms with Crippen LogP contribution in [0.1, 0.15) is 40.7 Å². The second-order valence-electron chi connectivity index (χ2n) is 6.16. The maximum atomic E-state index is 13.2. The lowest BCUT2D eigenvalue weighted by Gasteiger charge is -2.13. The molecule has 0 spiro atoms. The molecule has 1 unspecified atom stereocenters. The van der Waals surface area contributed by atoms with E-state index in [9.17, 15) is 18.4 Å². The molecule has 25 heavy (non-hydrogen) atoms. The number of halogens is 2. The first-order valence-corrected chi connectivity index (χ1v) is 7.91. The lowest BCUT2D eigenvalue weighted by atomic mass is 9.97. The highest BCUT2D eigenvalue weighted by Gasteiger charge is 2.31. The fraction of sp³-hybridized carbons (Fsp3) is 0.263. The summed E-state index contributed by atoms with van der Waals surface area (Å²) in [6.45, 7) is 3.58. The fourth-order valence-electron chi connectivity index (χ4n) is 3.14. The first kappa shape index (κ1) is 17.1. The minimum atomic E-state index is -1.05. The van der Waals surface area contributed by atoms with Crippen molar-refractivity contribution in [2.45, 2.75) is 26.2 Å². The Balaban J connectivity index is 1.71. The van der Waals surface area contributed by atoms with Crippen LogP contribution in [-0.2, 0) is 4.79 Å². The van der Waals surface area contributed by atoms with Gasteiger partial charge in [-0.1, -0.05) is 13.0 Å².